The summed E-state index contributed by atoms with van der Waals surface area (Å²) >= 11 is 0. The molecule has 1 aliphatic carbocycles. The number of anilines is 1. The molecule has 204 valence electrons. The number of hydrogen-bond donors (Lipinski definition) is 0. The minimum atomic E-state index is -0.732. The van der Waals surface area contributed by atoms with Crippen molar-refractivity contribution >= 4 is 22.8 Å². The number of piperazine rings is 1. The van der Waals surface area contributed by atoms with Gasteiger partial charge in [0.1, 0.15) is 23.1 Å². The van der Waals surface area contributed by atoms with E-state index in [-0.39, 0.29) is 40.6 Å². The Labute approximate surface area is 229 Å². The fourth-order valence-electron chi connectivity index (χ4n) is 5.49. The highest BCUT2D eigenvalue weighted by Gasteiger charge is 2.33. The van der Waals surface area contributed by atoms with Crippen LogP contribution in [0.15, 0.2) is 60.0 Å². The summed E-state index contributed by atoms with van der Waals surface area (Å²) in [5, 5.41) is 0.317. The molecule has 2 fully saturated rings. The summed E-state index contributed by atoms with van der Waals surface area (Å²) in [6.07, 6.45) is 4.89. The van der Waals surface area contributed by atoms with E-state index in [1.54, 1.807) is 17.2 Å². The van der Waals surface area contributed by atoms with E-state index >= 15 is 4.39 Å². The van der Waals surface area contributed by atoms with Crippen molar-refractivity contribution < 1.29 is 13.6 Å². The van der Waals surface area contributed by atoms with Crippen LogP contribution in [-0.4, -0.2) is 56.0 Å². The second kappa shape index (κ2) is 9.93. The summed E-state index contributed by atoms with van der Waals surface area (Å²) in [4.78, 5) is 43.3. The summed E-state index contributed by atoms with van der Waals surface area (Å²) in [5.74, 6) is -1.05. The van der Waals surface area contributed by atoms with Gasteiger partial charge in [0.25, 0.3) is 0 Å². The van der Waals surface area contributed by atoms with Gasteiger partial charge < -0.3 is 9.80 Å². The summed E-state index contributed by atoms with van der Waals surface area (Å²) in [6.45, 7) is 8.51. The Morgan fingerprint density at radius 2 is 1.88 bits per heavy atom. The Hall–Kier alpha value is -4.47. The van der Waals surface area contributed by atoms with Gasteiger partial charge in [-0.15, -0.1) is 0 Å². The molecule has 8 nitrogen and oxygen atoms in total. The Bertz CT molecular complexity index is 1730. The summed E-state index contributed by atoms with van der Waals surface area (Å²) in [6, 6.07) is 8.70. The first kappa shape index (κ1) is 25.8. The van der Waals surface area contributed by atoms with Gasteiger partial charge in [0.15, 0.2) is 5.65 Å². The average Bonchev–Trinajstić information content (AvgIpc) is 3.79. The van der Waals surface area contributed by atoms with Crippen molar-refractivity contribution in [2.45, 2.75) is 38.6 Å². The van der Waals surface area contributed by atoms with Gasteiger partial charge in [0.2, 0.25) is 5.91 Å². The molecule has 0 bridgehead atoms. The highest BCUT2D eigenvalue weighted by Crippen LogP contribution is 2.43. The molecular weight excluding hydrogens is 514 g/mol. The Balaban J connectivity index is 1.62. The fourth-order valence-corrected chi connectivity index (χ4v) is 5.49. The van der Waals surface area contributed by atoms with Gasteiger partial charge in [-0.1, -0.05) is 18.7 Å². The van der Waals surface area contributed by atoms with E-state index in [2.05, 4.69) is 21.5 Å². The first-order valence-electron chi connectivity index (χ1n) is 13.3. The summed E-state index contributed by atoms with van der Waals surface area (Å²) in [7, 11) is 0. The summed E-state index contributed by atoms with van der Waals surface area (Å²) in [5.41, 5.74) is 1.53. The van der Waals surface area contributed by atoms with Crippen LogP contribution in [-0.2, 0) is 4.79 Å². The lowest BCUT2D eigenvalue weighted by Gasteiger charge is -2.40. The molecular formula is C30H28F2N6O2. The third-order valence-electron chi connectivity index (χ3n) is 7.66. The van der Waals surface area contributed by atoms with Gasteiger partial charge in [-0.3, -0.25) is 9.78 Å². The van der Waals surface area contributed by atoms with Crippen LogP contribution in [0.4, 0.5) is 14.6 Å². The van der Waals surface area contributed by atoms with Gasteiger partial charge in [0, 0.05) is 43.4 Å². The van der Waals surface area contributed by atoms with Crippen molar-refractivity contribution in [3.05, 3.63) is 88.6 Å². The predicted octanol–water partition coefficient (Wildman–Crippen LogP) is 4.53. The predicted molar refractivity (Wildman–Crippen MR) is 149 cm³/mol. The molecule has 0 N–H and O–H groups in total. The van der Waals surface area contributed by atoms with Crippen LogP contribution in [0.3, 0.4) is 0 Å². The lowest BCUT2D eigenvalue weighted by molar-refractivity contribution is -0.126. The molecule has 3 aromatic heterocycles. The molecule has 1 aromatic carbocycles. The van der Waals surface area contributed by atoms with Crippen LogP contribution < -0.4 is 10.6 Å². The normalized spacial score (nSPS) is 17.4. The third-order valence-corrected chi connectivity index (χ3v) is 7.66. The number of amides is 1. The van der Waals surface area contributed by atoms with E-state index in [1.165, 1.54) is 34.9 Å². The molecule has 4 aromatic rings. The maximum absolute atomic E-state index is 15.7. The monoisotopic (exact) mass is 542 g/mol. The minimum Gasteiger partial charge on any atom is -0.350 e. The van der Waals surface area contributed by atoms with E-state index in [0.717, 1.165) is 24.1 Å². The van der Waals surface area contributed by atoms with Gasteiger partial charge >= 0.3 is 5.69 Å². The zero-order valence-corrected chi connectivity index (χ0v) is 22.3. The Morgan fingerprint density at radius 3 is 2.58 bits per heavy atom. The lowest BCUT2D eigenvalue weighted by atomic mass is 10.1. The van der Waals surface area contributed by atoms with Crippen molar-refractivity contribution in [3.8, 4) is 16.9 Å². The zero-order valence-electron chi connectivity index (χ0n) is 22.3. The van der Waals surface area contributed by atoms with Gasteiger partial charge in [-0.25, -0.2) is 23.1 Å². The number of carbonyl (C=O) groups excluding carboxylic acids is 1. The zero-order chi connectivity index (χ0) is 28.1. The molecule has 0 unspecified atom stereocenters. The topological polar surface area (TPSA) is 84.2 Å². The molecule has 2 aliphatic rings. The second-order valence-electron chi connectivity index (χ2n) is 10.4. The van der Waals surface area contributed by atoms with Crippen molar-refractivity contribution in [3.63, 3.8) is 0 Å². The number of pyridine rings is 2. The number of hydrogen-bond acceptors (Lipinski definition) is 6. The maximum atomic E-state index is 15.7. The number of rotatable bonds is 5. The molecule has 1 aliphatic heterocycles. The van der Waals surface area contributed by atoms with Crippen LogP contribution >= 0.6 is 0 Å². The van der Waals surface area contributed by atoms with Crippen LogP contribution in [0.5, 0.6) is 0 Å². The van der Waals surface area contributed by atoms with E-state index in [4.69, 9.17) is 0 Å². The average molecular weight is 543 g/mol. The maximum Gasteiger partial charge on any atom is 0.355 e. The molecule has 0 spiro atoms. The largest absolute Gasteiger partial charge is 0.355 e. The van der Waals surface area contributed by atoms with E-state index < -0.39 is 17.3 Å². The van der Waals surface area contributed by atoms with Crippen molar-refractivity contribution in [1.29, 1.82) is 0 Å². The van der Waals surface area contributed by atoms with Crippen LogP contribution in [0, 0.1) is 18.6 Å². The van der Waals surface area contributed by atoms with Crippen molar-refractivity contribution in [2.24, 2.45) is 0 Å². The number of benzene rings is 1. The van der Waals surface area contributed by atoms with Gasteiger partial charge in [-0.2, -0.15) is 4.98 Å². The number of nitrogens with zero attached hydrogens (tertiary/aromatic N) is 6. The first-order chi connectivity index (χ1) is 19.3. The van der Waals surface area contributed by atoms with Gasteiger partial charge in [-0.05, 0) is 62.6 Å². The molecule has 4 heterocycles. The second-order valence-corrected chi connectivity index (χ2v) is 10.4. The van der Waals surface area contributed by atoms with E-state index in [1.807, 2.05) is 24.8 Å². The van der Waals surface area contributed by atoms with E-state index in [0.29, 0.717) is 30.7 Å². The highest BCUT2D eigenvalue weighted by atomic mass is 19.1. The molecule has 0 radical (unpaired) electrons. The molecule has 40 heavy (non-hydrogen) atoms. The smallest absolute Gasteiger partial charge is 0.350 e. The van der Waals surface area contributed by atoms with Crippen molar-refractivity contribution in [1.82, 2.24) is 24.4 Å². The quantitative estimate of drug-likeness (QED) is 0.345. The van der Waals surface area contributed by atoms with Crippen LogP contribution in [0.1, 0.15) is 36.9 Å². The molecule has 1 atom stereocenters. The number of halogens is 2. The third kappa shape index (κ3) is 4.33. The molecule has 6 rings (SSSR count). The summed E-state index contributed by atoms with van der Waals surface area (Å²) < 4.78 is 31.9. The molecule has 10 heteroatoms. The first-order valence-corrected chi connectivity index (χ1v) is 13.3. The van der Waals surface area contributed by atoms with E-state index in [9.17, 15) is 14.0 Å². The number of carbonyl (C=O) groups is 1. The van der Waals surface area contributed by atoms with Crippen LogP contribution in [0.2, 0.25) is 0 Å². The molecule has 1 saturated heterocycles. The fraction of sp³-hybridized carbons (Fsp3) is 0.300. The standard InChI is InChI=1S/C30H28F2N6O2/c1-4-24(39)36-13-14-37(18(3)16-36)28-21-15-23(32)26(20-7-5-6-8-22(20)31)34-29(21)38(30(40)35-28)27-17(2)11-12-33-25(27)19-9-10-19/h4-8,11-12,15,18-19H,1,9-10,13-14,16H2,2-3H3/t18-/m0/s1. The SMILES string of the molecule is C=CC(=O)N1CCN(c2nc(=O)n(-c3c(C)ccnc3C3CC3)c3nc(-c4ccccc4F)c(F)cc23)[C@@H](C)C1. The number of fused-ring (bicyclic) bond motifs is 1. The lowest BCUT2D eigenvalue weighted by Crippen LogP contribution is -2.54. The Morgan fingerprint density at radius 1 is 1.10 bits per heavy atom. The van der Waals surface area contributed by atoms with Crippen LogP contribution in [0.25, 0.3) is 28.0 Å². The molecule has 1 saturated carbocycles. The minimum absolute atomic E-state index is 0.00509. The van der Waals surface area contributed by atoms with Gasteiger partial charge in [0.05, 0.1) is 16.8 Å². The number of aromatic nitrogens is 4. The molecule has 1 amide bonds. The number of aryl methyl sites for hydroxylation is 1. The Kier molecular flexibility index (Phi) is 6.40. The van der Waals surface area contributed by atoms with Crippen molar-refractivity contribution in [2.75, 3.05) is 24.5 Å². The highest BCUT2D eigenvalue weighted by molar-refractivity contribution is 5.91.